The lowest BCUT2D eigenvalue weighted by atomic mass is 9.75. The van der Waals surface area contributed by atoms with Crippen molar-refractivity contribution in [3.8, 4) is 0 Å². The molecule has 134 valence electrons. The number of halogens is 3. The van der Waals surface area contributed by atoms with Gasteiger partial charge in [0, 0.05) is 11.6 Å². The number of nitrogens with one attached hydrogen (secondary N) is 1. The van der Waals surface area contributed by atoms with Gasteiger partial charge in [0.25, 0.3) is 0 Å². The maximum atomic E-state index is 13.5. The number of hydrogen-bond acceptors (Lipinski definition) is 3. The summed E-state index contributed by atoms with van der Waals surface area (Å²) < 4.78 is 40.4. The van der Waals surface area contributed by atoms with Crippen molar-refractivity contribution in [2.75, 3.05) is 5.32 Å². The van der Waals surface area contributed by atoms with Gasteiger partial charge in [0.2, 0.25) is 0 Å². The van der Waals surface area contributed by atoms with E-state index in [-0.39, 0.29) is 23.0 Å². The molecule has 3 atom stereocenters. The van der Waals surface area contributed by atoms with Gasteiger partial charge < -0.3 is 15.2 Å². The van der Waals surface area contributed by atoms with Gasteiger partial charge in [-0.1, -0.05) is 36.4 Å². The third kappa shape index (κ3) is 2.66. The van der Waals surface area contributed by atoms with Gasteiger partial charge >= 0.3 is 6.18 Å². The molecule has 0 unspecified atom stereocenters. The predicted molar refractivity (Wildman–Crippen MR) is 88.6 cm³/mol. The Labute approximate surface area is 148 Å². The van der Waals surface area contributed by atoms with Gasteiger partial charge in [0.1, 0.15) is 0 Å². The minimum absolute atomic E-state index is 0.0683. The van der Waals surface area contributed by atoms with Crippen LogP contribution in [0.15, 0.2) is 54.6 Å². The number of alkyl halides is 3. The van der Waals surface area contributed by atoms with Crippen LogP contribution in [0, 0.1) is 5.92 Å². The number of allylic oxidation sites excluding steroid dienone is 2. The maximum absolute atomic E-state index is 13.5. The van der Waals surface area contributed by atoms with Gasteiger partial charge in [-0.05, 0) is 47.2 Å². The SMILES string of the molecule is O=C([O-])c1ccc2c(c1)[C@@H]1C=CC[C@@H]1[C@H](c1ccccc1C(F)(F)F)N2. The lowest BCUT2D eigenvalue weighted by Gasteiger charge is -2.38. The molecule has 26 heavy (non-hydrogen) atoms. The third-order valence-electron chi connectivity index (χ3n) is 5.20. The van der Waals surface area contributed by atoms with Gasteiger partial charge in [-0.15, -0.1) is 0 Å². The first-order chi connectivity index (χ1) is 12.4. The molecular weight excluding hydrogens is 343 g/mol. The fourth-order valence-electron chi connectivity index (χ4n) is 4.06. The fourth-order valence-corrected chi connectivity index (χ4v) is 4.06. The standard InChI is InChI=1S/C20H16F3NO2/c21-20(22,23)16-7-2-1-4-14(16)18-13-6-3-5-12(13)15-10-11(19(25)26)8-9-17(15)24-18/h1-5,7-10,12-13,18,24H,6H2,(H,25,26)/p-1/t12-,13+,18-/m1/s1. The highest BCUT2D eigenvalue weighted by molar-refractivity contribution is 5.87. The maximum Gasteiger partial charge on any atom is 0.416 e. The molecule has 1 aliphatic heterocycles. The van der Waals surface area contributed by atoms with Gasteiger partial charge in [-0.3, -0.25) is 0 Å². The first-order valence-corrected chi connectivity index (χ1v) is 8.31. The lowest BCUT2D eigenvalue weighted by molar-refractivity contribution is -0.255. The van der Waals surface area contributed by atoms with Gasteiger partial charge in [0.15, 0.2) is 0 Å². The average molecular weight is 358 g/mol. The van der Waals surface area contributed by atoms with Crippen LogP contribution in [-0.4, -0.2) is 5.97 Å². The first-order valence-electron chi connectivity index (χ1n) is 8.31. The molecule has 0 saturated heterocycles. The van der Waals surface area contributed by atoms with E-state index in [9.17, 15) is 23.1 Å². The average Bonchev–Trinajstić information content (AvgIpc) is 3.10. The highest BCUT2D eigenvalue weighted by Gasteiger charge is 2.42. The summed E-state index contributed by atoms with van der Waals surface area (Å²) in [5.74, 6) is -1.50. The molecule has 0 bridgehead atoms. The zero-order valence-electron chi connectivity index (χ0n) is 13.6. The molecule has 1 aliphatic carbocycles. The summed E-state index contributed by atoms with van der Waals surface area (Å²) in [4.78, 5) is 11.1. The van der Waals surface area contributed by atoms with Crippen molar-refractivity contribution in [3.05, 3.63) is 76.9 Å². The minimum atomic E-state index is -4.43. The van der Waals surface area contributed by atoms with E-state index in [2.05, 4.69) is 5.32 Å². The lowest BCUT2D eigenvalue weighted by Crippen LogP contribution is -2.31. The Balaban J connectivity index is 1.81. The Morgan fingerprint density at radius 1 is 1.12 bits per heavy atom. The number of anilines is 1. The van der Waals surface area contributed by atoms with E-state index < -0.39 is 23.8 Å². The van der Waals surface area contributed by atoms with Crippen LogP contribution in [0.2, 0.25) is 0 Å². The van der Waals surface area contributed by atoms with Crippen LogP contribution in [0.25, 0.3) is 0 Å². The summed E-state index contributed by atoms with van der Waals surface area (Å²) in [6.45, 7) is 0. The number of carbonyl (C=O) groups is 1. The highest BCUT2D eigenvalue weighted by atomic mass is 19.4. The van der Waals surface area contributed by atoms with Crippen LogP contribution in [0.1, 0.15) is 45.4 Å². The number of carboxylic acid groups (broad SMARTS) is 1. The largest absolute Gasteiger partial charge is 0.545 e. The highest BCUT2D eigenvalue weighted by Crippen LogP contribution is 2.51. The van der Waals surface area contributed by atoms with E-state index in [0.717, 1.165) is 11.6 Å². The fraction of sp³-hybridized carbons (Fsp3) is 0.250. The summed E-state index contributed by atoms with van der Waals surface area (Å²) in [6, 6.07) is 9.67. The number of carboxylic acids is 1. The van der Waals surface area contributed by atoms with Crippen LogP contribution >= 0.6 is 0 Å². The van der Waals surface area contributed by atoms with E-state index in [1.54, 1.807) is 18.2 Å². The summed E-state index contributed by atoms with van der Waals surface area (Å²) in [5, 5.41) is 14.4. The molecule has 3 nitrogen and oxygen atoms in total. The smallest absolute Gasteiger partial charge is 0.416 e. The Bertz CT molecular complexity index is 904. The van der Waals surface area contributed by atoms with Crippen molar-refractivity contribution in [2.24, 2.45) is 5.92 Å². The van der Waals surface area contributed by atoms with Crippen LogP contribution in [-0.2, 0) is 6.18 Å². The predicted octanol–water partition coefficient (Wildman–Crippen LogP) is 3.90. The van der Waals surface area contributed by atoms with E-state index in [0.29, 0.717) is 12.1 Å². The molecule has 0 spiro atoms. The molecule has 1 heterocycles. The molecule has 0 aromatic heterocycles. The zero-order valence-corrected chi connectivity index (χ0v) is 13.6. The Hall–Kier alpha value is -2.76. The van der Waals surface area contributed by atoms with Crippen LogP contribution < -0.4 is 10.4 Å². The second-order valence-corrected chi connectivity index (χ2v) is 6.65. The van der Waals surface area contributed by atoms with Crippen molar-refractivity contribution in [1.29, 1.82) is 0 Å². The third-order valence-corrected chi connectivity index (χ3v) is 5.20. The molecule has 1 N–H and O–H groups in total. The molecule has 0 radical (unpaired) electrons. The molecule has 4 rings (SSSR count). The monoisotopic (exact) mass is 358 g/mol. The second kappa shape index (κ2) is 5.90. The quantitative estimate of drug-likeness (QED) is 0.829. The molecule has 2 aliphatic rings. The van der Waals surface area contributed by atoms with Crippen LogP contribution in [0.5, 0.6) is 0 Å². The molecule has 2 aromatic rings. The second-order valence-electron chi connectivity index (χ2n) is 6.65. The van der Waals surface area contributed by atoms with Crippen LogP contribution in [0.4, 0.5) is 18.9 Å². The molecule has 6 heteroatoms. The Kier molecular flexibility index (Phi) is 3.79. The first kappa shape index (κ1) is 16.7. The topological polar surface area (TPSA) is 52.2 Å². The normalized spacial score (nSPS) is 23.9. The van der Waals surface area contributed by atoms with E-state index in [4.69, 9.17) is 0 Å². The zero-order chi connectivity index (χ0) is 18.5. The summed E-state index contributed by atoms with van der Waals surface area (Å²) in [7, 11) is 0. The minimum Gasteiger partial charge on any atom is -0.545 e. The molecule has 2 aromatic carbocycles. The molecular formula is C20H15F3NO2-. The van der Waals surface area contributed by atoms with Crippen molar-refractivity contribution in [2.45, 2.75) is 24.6 Å². The number of benzene rings is 2. The van der Waals surface area contributed by atoms with Gasteiger partial charge in [0.05, 0.1) is 17.6 Å². The number of fused-ring (bicyclic) bond motifs is 3. The summed E-state index contributed by atoms with van der Waals surface area (Å²) in [5.41, 5.74) is 1.08. The van der Waals surface area contributed by atoms with Gasteiger partial charge in [-0.25, -0.2) is 0 Å². The van der Waals surface area contributed by atoms with E-state index in [1.807, 2.05) is 12.2 Å². The Morgan fingerprint density at radius 2 is 1.88 bits per heavy atom. The number of aromatic carboxylic acids is 1. The van der Waals surface area contributed by atoms with Crippen molar-refractivity contribution < 1.29 is 23.1 Å². The number of rotatable bonds is 2. The van der Waals surface area contributed by atoms with Crippen LogP contribution in [0.3, 0.4) is 0 Å². The van der Waals surface area contributed by atoms with E-state index in [1.165, 1.54) is 18.2 Å². The number of carbonyl (C=O) groups excluding carboxylic acids is 1. The van der Waals surface area contributed by atoms with Gasteiger partial charge in [-0.2, -0.15) is 13.2 Å². The van der Waals surface area contributed by atoms with Crippen molar-refractivity contribution in [1.82, 2.24) is 0 Å². The van der Waals surface area contributed by atoms with Crippen molar-refractivity contribution >= 4 is 11.7 Å². The summed E-state index contributed by atoms with van der Waals surface area (Å²) in [6.07, 6.45) is 0.0933. The molecule has 0 amide bonds. The molecule has 0 fully saturated rings. The molecule has 0 saturated carbocycles. The Morgan fingerprint density at radius 3 is 2.62 bits per heavy atom. The van der Waals surface area contributed by atoms with Crippen molar-refractivity contribution in [3.63, 3.8) is 0 Å². The van der Waals surface area contributed by atoms with E-state index >= 15 is 0 Å². The summed E-state index contributed by atoms with van der Waals surface area (Å²) >= 11 is 0. The number of hydrogen-bond donors (Lipinski definition) is 1.